The number of benzene rings is 1. The smallest absolute Gasteiger partial charge is 0.351 e. The van der Waals surface area contributed by atoms with Gasteiger partial charge in [0.15, 0.2) is 10.7 Å². The highest BCUT2D eigenvalue weighted by atomic mass is 32.3. The van der Waals surface area contributed by atoms with Crippen LogP contribution in [0.3, 0.4) is 0 Å². The van der Waals surface area contributed by atoms with Crippen molar-refractivity contribution in [3.05, 3.63) is 52.4 Å². The van der Waals surface area contributed by atoms with Crippen LogP contribution in [0.5, 0.6) is 0 Å². The van der Waals surface area contributed by atoms with E-state index in [0.29, 0.717) is 43.3 Å². The second-order valence-corrected chi connectivity index (χ2v) is 9.62. The first-order valence-electron chi connectivity index (χ1n) is 9.85. The Morgan fingerprint density at radius 1 is 1.25 bits per heavy atom. The van der Waals surface area contributed by atoms with Gasteiger partial charge in [-0.25, -0.2) is 9.97 Å². The molecule has 2 aromatic heterocycles. The predicted octanol–water partition coefficient (Wildman–Crippen LogP) is 3.17. The number of nitrogens with one attached hydrogen (secondary N) is 1. The van der Waals surface area contributed by atoms with Crippen molar-refractivity contribution in [2.45, 2.75) is 30.6 Å². The van der Waals surface area contributed by atoms with Gasteiger partial charge in [-0.2, -0.15) is 9.54 Å². The highest BCUT2D eigenvalue weighted by Crippen LogP contribution is 2.37. The van der Waals surface area contributed by atoms with E-state index in [1.807, 2.05) is 4.90 Å². The fraction of sp³-hybridized carbons (Fsp3) is 0.368. The molecular formula is C19H22N7O5S+. The van der Waals surface area contributed by atoms with Gasteiger partial charge in [-0.05, 0) is 44.0 Å². The van der Waals surface area contributed by atoms with Gasteiger partial charge in [0.05, 0.1) is 4.92 Å². The standard InChI is InChI=1S/C19H21N7O5S/c1-12-22-19(31-24-12)13-7-9-25(10-8-13)18-16(26(27)28)17(20-11-21-18)23-14-3-5-15(6-4-14)32(2,29)30/h3-6,11,13H,7-10H2,1-2H3,(H-,20,21,23,29,30)/p+1. The molecule has 0 bridgehead atoms. The summed E-state index contributed by atoms with van der Waals surface area (Å²) in [5.74, 6) is 1.55. The van der Waals surface area contributed by atoms with Gasteiger partial charge in [0.1, 0.15) is 12.6 Å². The first-order valence-corrected chi connectivity index (χ1v) is 11.8. The Morgan fingerprint density at radius 2 is 1.94 bits per heavy atom. The summed E-state index contributed by atoms with van der Waals surface area (Å²) in [7, 11) is -3.09. The molecule has 0 radical (unpaired) electrons. The first kappa shape index (κ1) is 21.8. The number of anilines is 3. The van der Waals surface area contributed by atoms with Gasteiger partial charge in [-0.3, -0.25) is 10.1 Å². The molecule has 1 unspecified atom stereocenters. The minimum absolute atomic E-state index is 0.0450. The van der Waals surface area contributed by atoms with Crippen molar-refractivity contribution in [2.75, 3.05) is 29.6 Å². The quantitative estimate of drug-likeness (QED) is 0.316. The summed E-state index contributed by atoms with van der Waals surface area (Å²) in [6.07, 6.45) is 3.90. The van der Waals surface area contributed by atoms with Crippen LogP contribution in [0, 0.1) is 17.0 Å². The first-order chi connectivity index (χ1) is 15.2. The normalized spacial score (nSPS) is 16.5. The summed E-state index contributed by atoms with van der Waals surface area (Å²) in [5, 5.41) is 18.7. The monoisotopic (exact) mass is 460 g/mol. The van der Waals surface area contributed by atoms with Crippen molar-refractivity contribution in [3.63, 3.8) is 0 Å². The minimum Gasteiger partial charge on any atom is -0.351 e. The molecule has 0 saturated carbocycles. The third-order valence-corrected chi connectivity index (χ3v) is 6.37. The lowest BCUT2D eigenvalue weighted by atomic mass is 9.96. The molecular weight excluding hydrogens is 438 g/mol. The van der Waals surface area contributed by atoms with Crippen LogP contribution in [-0.2, 0) is 14.4 Å². The topological polar surface area (TPSA) is 160 Å². The number of piperidine rings is 1. The zero-order chi connectivity index (χ0) is 22.9. The van der Waals surface area contributed by atoms with Crippen molar-refractivity contribution in [2.24, 2.45) is 0 Å². The molecule has 1 saturated heterocycles. The highest BCUT2D eigenvalue weighted by Gasteiger charge is 2.32. The number of aryl methyl sites for hydroxylation is 1. The van der Waals surface area contributed by atoms with E-state index in [1.54, 1.807) is 19.1 Å². The Kier molecular flexibility index (Phi) is 5.84. The van der Waals surface area contributed by atoms with Crippen LogP contribution in [0.4, 0.5) is 23.0 Å². The SMILES string of the molecule is Cc1noc(C2CCN(c3ncnc(Nc4ccc([S+](C)(=O)O)cc4)c3[N+](=O)[O-])CC2)n1. The van der Waals surface area contributed by atoms with Gasteiger partial charge in [0.25, 0.3) is 0 Å². The van der Waals surface area contributed by atoms with E-state index >= 15 is 0 Å². The molecule has 12 nitrogen and oxygen atoms in total. The molecule has 0 spiro atoms. The fourth-order valence-corrected chi connectivity index (χ4v) is 4.25. The number of hydrogen-bond donors (Lipinski definition) is 2. The van der Waals surface area contributed by atoms with Gasteiger partial charge >= 0.3 is 5.69 Å². The molecule has 3 aromatic rings. The van der Waals surface area contributed by atoms with Crippen molar-refractivity contribution in [1.29, 1.82) is 0 Å². The maximum Gasteiger partial charge on any atom is 0.353 e. The molecule has 1 aliphatic rings. The van der Waals surface area contributed by atoms with Gasteiger partial charge < -0.3 is 14.7 Å². The summed E-state index contributed by atoms with van der Waals surface area (Å²) in [4.78, 5) is 26.0. The summed E-state index contributed by atoms with van der Waals surface area (Å²) >= 11 is 0. The summed E-state index contributed by atoms with van der Waals surface area (Å²) in [5.41, 5.74) is 0.265. The van der Waals surface area contributed by atoms with Crippen LogP contribution in [0.2, 0.25) is 0 Å². The Balaban J connectivity index is 1.55. The van der Waals surface area contributed by atoms with E-state index in [2.05, 4.69) is 25.4 Å². The average molecular weight is 460 g/mol. The lowest BCUT2D eigenvalue weighted by molar-refractivity contribution is -0.383. The van der Waals surface area contributed by atoms with E-state index in [-0.39, 0.29) is 28.1 Å². The maximum absolute atomic E-state index is 11.9. The highest BCUT2D eigenvalue weighted by molar-refractivity contribution is 7.97. The van der Waals surface area contributed by atoms with Crippen LogP contribution in [0.1, 0.15) is 30.5 Å². The molecule has 13 heteroatoms. The Bertz CT molecular complexity index is 1170. The molecule has 32 heavy (non-hydrogen) atoms. The number of nitro groups is 1. The number of rotatable bonds is 6. The molecule has 1 fully saturated rings. The molecule has 4 rings (SSSR count). The minimum atomic E-state index is -3.09. The maximum atomic E-state index is 11.9. The second kappa shape index (κ2) is 8.59. The second-order valence-electron chi connectivity index (χ2n) is 7.54. The molecule has 0 amide bonds. The molecule has 0 aliphatic carbocycles. The average Bonchev–Trinajstić information content (AvgIpc) is 3.19. The van der Waals surface area contributed by atoms with Gasteiger partial charge in [-0.15, -0.1) is 0 Å². The summed E-state index contributed by atoms with van der Waals surface area (Å²) in [6, 6.07) is 6.11. The van der Waals surface area contributed by atoms with Crippen molar-refractivity contribution < 1.29 is 18.2 Å². The third-order valence-electron chi connectivity index (χ3n) is 5.23. The molecule has 1 aromatic carbocycles. The number of aromatic nitrogens is 4. The van der Waals surface area contributed by atoms with E-state index in [1.165, 1.54) is 24.7 Å². The van der Waals surface area contributed by atoms with Crippen LogP contribution < -0.4 is 10.2 Å². The van der Waals surface area contributed by atoms with Crippen LogP contribution in [0.25, 0.3) is 0 Å². The molecule has 3 heterocycles. The van der Waals surface area contributed by atoms with E-state index in [9.17, 15) is 18.9 Å². The molecule has 2 N–H and O–H groups in total. The lowest BCUT2D eigenvalue weighted by Gasteiger charge is -2.30. The van der Waals surface area contributed by atoms with Crippen LogP contribution in [-0.4, -0.2) is 48.9 Å². The third kappa shape index (κ3) is 4.57. The number of nitrogens with zero attached hydrogens (tertiary/aromatic N) is 6. The van der Waals surface area contributed by atoms with E-state index < -0.39 is 15.1 Å². The zero-order valence-corrected chi connectivity index (χ0v) is 18.3. The van der Waals surface area contributed by atoms with Gasteiger partial charge in [0, 0.05) is 24.7 Å². The van der Waals surface area contributed by atoms with Crippen molar-refractivity contribution in [1.82, 2.24) is 20.1 Å². The number of hydrogen-bond acceptors (Lipinski definition) is 10. The zero-order valence-electron chi connectivity index (χ0n) is 17.5. The largest absolute Gasteiger partial charge is 0.353 e. The fourth-order valence-electron chi connectivity index (χ4n) is 3.61. The molecule has 1 atom stereocenters. The predicted molar refractivity (Wildman–Crippen MR) is 117 cm³/mol. The Morgan fingerprint density at radius 3 is 2.50 bits per heavy atom. The van der Waals surface area contributed by atoms with Crippen molar-refractivity contribution in [3.8, 4) is 0 Å². The van der Waals surface area contributed by atoms with Gasteiger partial charge in [-0.1, -0.05) is 9.37 Å². The molecule has 1 aliphatic heterocycles. The van der Waals surface area contributed by atoms with E-state index in [4.69, 9.17) is 4.52 Å². The van der Waals surface area contributed by atoms with Crippen LogP contribution in [0.15, 0.2) is 40.0 Å². The lowest BCUT2D eigenvalue weighted by Crippen LogP contribution is -2.34. The van der Waals surface area contributed by atoms with Gasteiger partial charge in [0.2, 0.25) is 27.7 Å². The Hall–Kier alpha value is -3.45. The summed E-state index contributed by atoms with van der Waals surface area (Å²) in [6.45, 7) is 2.84. The van der Waals surface area contributed by atoms with Crippen molar-refractivity contribution >= 4 is 33.2 Å². The van der Waals surface area contributed by atoms with E-state index in [0.717, 1.165) is 0 Å². The Labute approximate surface area is 184 Å². The summed E-state index contributed by atoms with van der Waals surface area (Å²) < 4.78 is 26.6. The molecule has 168 valence electrons. The van der Waals surface area contributed by atoms with Crippen LogP contribution >= 0.6 is 0 Å².